The Labute approximate surface area is 136 Å². The number of carbonyl (C=O) groups excluding carboxylic acids is 2. The van der Waals surface area contributed by atoms with Crippen molar-refractivity contribution >= 4 is 34.5 Å². The number of methoxy groups -OCH3 is 2. The van der Waals surface area contributed by atoms with E-state index in [2.05, 4.69) is 9.47 Å². The maximum Gasteiger partial charge on any atom is 0.346 e. The first kappa shape index (κ1) is 17.5. The fourth-order valence-electron chi connectivity index (χ4n) is 1.48. The first-order valence-electron chi connectivity index (χ1n) is 6.18. The third kappa shape index (κ3) is 4.76. The summed E-state index contributed by atoms with van der Waals surface area (Å²) in [6, 6.07) is 5.12. The summed E-state index contributed by atoms with van der Waals surface area (Å²) in [5, 5.41) is 0. The smallest absolute Gasteiger partial charge is 0.346 e. The summed E-state index contributed by atoms with van der Waals surface area (Å²) in [4.78, 5) is 22.8. The van der Waals surface area contributed by atoms with Crippen LogP contribution < -0.4 is 9.47 Å². The highest BCUT2D eigenvalue weighted by atomic mass is 127. The average Bonchev–Trinajstić information content (AvgIpc) is 2.49. The molecule has 0 aromatic heterocycles. The summed E-state index contributed by atoms with van der Waals surface area (Å²) in [7, 11) is 2.59. The summed E-state index contributed by atoms with van der Waals surface area (Å²) < 4.78 is 20.9. The molecule has 0 aliphatic carbocycles. The molecule has 116 valence electrons. The Kier molecular flexibility index (Phi) is 6.73. The number of hydrogen-bond acceptors (Lipinski definition) is 6. The standard InChI is InChI=1S/C14H17IO6/c1-8(13(16)18-3)20-10-6-5-7-11(12(10)15)21-9(2)14(17)19-4/h5-9H,1-4H3/t8-,9-/m1/s1. The van der Waals surface area contributed by atoms with E-state index in [1.807, 2.05) is 22.6 Å². The van der Waals surface area contributed by atoms with Gasteiger partial charge in [-0.05, 0) is 48.6 Å². The summed E-state index contributed by atoms with van der Waals surface area (Å²) >= 11 is 2.02. The minimum absolute atomic E-state index is 0.472. The van der Waals surface area contributed by atoms with E-state index in [-0.39, 0.29) is 0 Å². The normalized spacial score (nSPS) is 13.0. The second-order valence-corrected chi connectivity index (χ2v) is 5.21. The first-order chi connectivity index (χ1) is 9.90. The zero-order valence-corrected chi connectivity index (χ0v) is 14.4. The number of carbonyl (C=O) groups is 2. The Hall–Kier alpha value is -1.51. The van der Waals surface area contributed by atoms with Crippen molar-refractivity contribution in [1.82, 2.24) is 0 Å². The van der Waals surface area contributed by atoms with Gasteiger partial charge in [-0.25, -0.2) is 9.59 Å². The molecule has 0 bridgehead atoms. The van der Waals surface area contributed by atoms with Crippen LogP contribution in [0.5, 0.6) is 11.5 Å². The van der Waals surface area contributed by atoms with Crippen LogP contribution in [0.2, 0.25) is 0 Å². The molecule has 2 atom stereocenters. The van der Waals surface area contributed by atoms with Crippen LogP contribution in [0.25, 0.3) is 0 Å². The highest BCUT2D eigenvalue weighted by Gasteiger charge is 2.20. The Morgan fingerprint density at radius 2 is 1.33 bits per heavy atom. The number of halogens is 1. The van der Waals surface area contributed by atoms with Gasteiger partial charge in [-0.2, -0.15) is 0 Å². The molecule has 0 unspecified atom stereocenters. The van der Waals surface area contributed by atoms with Crippen molar-refractivity contribution in [2.75, 3.05) is 14.2 Å². The predicted octanol–water partition coefficient (Wildman–Crippen LogP) is 2.17. The SMILES string of the molecule is COC(=O)[C@@H](C)Oc1cccc(O[C@H](C)C(=O)OC)c1I. The summed E-state index contributed by atoms with van der Waals surface area (Å²) in [6.07, 6.45) is -1.48. The Morgan fingerprint density at radius 1 is 0.952 bits per heavy atom. The molecule has 0 fully saturated rings. The van der Waals surface area contributed by atoms with Gasteiger partial charge in [0, 0.05) is 0 Å². The van der Waals surface area contributed by atoms with Crippen LogP contribution >= 0.6 is 22.6 Å². The summed E-state index contributed by atoms with van der Waals surface area (Å²) in [6.45, 7) is 3.18. The minimum atomic E-state index is -0.739. The second kappa shape index (κ2) is 8.06. The lowest BCUT2D eigenvalue weighted by Crippen LogP contribution is -2.26. The largest absolute Gasteiger partial charge is 0.478 e. The molecule has 1 aromatic carbocycles. The van der Waals surface area contributed by atoms with Crippen LogP contribution in [0.4, 0.5) is 0 Å². The molecular weight excluding hydrogens is 391 g/mol. The molecule has 0 spiro atoms. The van der Waals surface area contributed by atoms with E-state index in [0.29, 0.717) is 15.1 Å². The van der Waals surface area contributed by atoms with E-state index in [4.69, 9.17) is 9.47 Å². The molecule has 0 heterocycles. The fraction of sp³-hybridized carbons (Fsp3) is 0.429. The highest BCUT2D eigenvalue weighted by Crippen LogP contribution is 2.31. The molecule has 0 amide bonds. The van der Waals surface area contributed by atoms with E-state index in [0.717, 1.165) is 0 Å². The van der Waals surface area contributed by atoms with Gasteiger partial charge < -0.3 is 18.9 Å². The van der Waals surface area contributed by atoms with Crippen molar-refractivity contribution in [2.45, 2.75) is 26.1 Å². The molecule has 7 heteroatoms. The molecular formula is C14H17IO6. The van der Waals surface area contributed by atoms with Crippen molar-refractivity contribution in [1.29, 1.82) is 0 Å². The topological polar surface area (TPSA) is 71.1 Å². The molecule has 1 aromatic rings. The molecule has 0 saturated heterocycles. The Balaban J connectivity index is 2.88. The third-order valence-electron chi connectivity index (χ3n) is 2.60. The van der Waals surface area contributed by atoms with Gasteiger partial charge in [0.15, 0.2) is 12.2 Å². The monoisotopic (exact) mass is 408 g/mol. The van der Waals surface area contributed by atoms with E-state index in [1.165, 1.54) is 14.2 Å². The van der Waals surface area contributed by atoms with Gasteiger partial charge >= 0.3 is 11.9 Å². The van der Waals surface area contributed by atoms with Gasteiger partial charge in [0.1, 0.15) is 11.5 Å². The molecule has 1 rings (SSSR count). The first-order valence-corrected chi connectivity index (χ1v) is 7.26. The van der Waals surface area contributed by atoms with E-state index in [9.17, 15) is 9.59 Å². The Morgan fingerprint density at radius 3 is 1.67 bits per heavy atom. The lowest BCUT2D eigenvalue weighted by atomic mass is 10.3. The van der Waals surface area contributed by atoms with Crippen LogP contribution in [0, 0.1) is 3.57 Å². The lowest BCUT2D eigenvalue weighted by Gasteiger charge is -2.17. The number of ether oxygens (including phenoxy) is 4. The zero-order chi connectivity index (χ0) is 16.0. The average molecular weight is 408 g/mol. The van der Waals surface area contributed by atoms with Crippen LogP contribution in [-0.4, -0.2) is 38.4 Å². The third-order valence-corrected chi connectivity index (χ3v) is 3.66. The number of rotatable bonds is 6. The van der Waals surface area contributed by atoms with Crippen LogP contribution in [0.1, 0.15) is 13.8 Å². The molecule has 21 heavy (non-hydrogen) atoms. The molecule has 0 aliphatic rings. The molecule has 0 radical (unpaired) electrons. The van der Waals surface area contributed by atoms with Crippen molar-refractivity contribution in [3.05, 3.63) is 21.8 Å². The zero-order valence-electron chi connectivity index (χ0n) is 12.2. The van der Waals surface area contributed by atoms with Gasteiger partial charge in [0.2, 0.25) is 0 Å². The molecule has 0 saturated carbocycles. The fourth-order valence-corrected chi connectivity index (χ4v) is 2.10. The summed E-state index contributed by atoms with van der Waals surface area (Å²) in [5.41, 5.74) is 0. The van der Waals surface area contributed by atoms with Crippen molar-refractivity contribution in [3.8, 4) is 11.5 Å². The van der Waals surface area contributed by atoms with Gasteiger partial charge in [-0.1, -0.05) is 6.07 Å². The molecule has 6 nitrogen and oxygen atoms in total. The van der Waals surface area contributed by atoms with Gasteiger partial charge in [0.05, 0.1) is 17.8 Å². The van der Waals surface area contributed by atoms with Gasteiger partial charge in [-0.15, -0.1) is 0 Å². The van der Waals surface area contributed by atoms with Crippen molar-refractivity contribution in [2.24, 2.45) is 0 Å². The Bertz CT molecular complexity index is 474. The highest BCUT2D eigenvalue weighted by molar-refractivity contribution is 14.1. The van der Waals surface area contributed by atoms with Crippen LogP contribution in [0.15, 0.2) is 18.2 Å². The quantitative estimate of drug-likeness (QED) is 0.531. The van der Waals surface area contributed by atoms with Gasteiger partial charge in [-0.3, -0.25) is 0 Å². The minimum Gasteiger partial charge on any atom is -0.478 e. The van der Waals surface area contributed by atoms with E-state index in [1.54, 1.807) is 32.0 Å². The lowest BCUT2D eigenvalue weighted by molar-refractivity contribution is -0.148. The van der Waals surface area contributed by atoms with Crippen molar-refractivity contribution < 1.29 is 28.5 Å². The van der Waals surface area contributed by atoms with Gasteiger partial charge in [0.25, 0.3) is 0 Å². The maximum absolute atomic E-state index is 11.4. The predicted molar refractivity (Wildman–Crippen MR) is 83.4 cm³/mol. The van der Waals surface area contributed by atoms with E-state index >= 15 is 0 Å². The van der Waals surface area contributed by atoms with E-state index < -0.39 is 24.1 Å². The maximum atomic E-state index is 11.4. The number of hydrogen-bond donors (Lipinski definition) is 0. The number of esters is 2. The van der Waals surface area contributed by atoms with Crippen LogP contribution in [0.3, 0.4) is 0 Å². The number of benzene rings is 1. The van der Waals surface area contributed by atoms with Crippen molar-refractivity contribution in [3.63, 3.8) is 0 Å². The summed E-state index contributed by atoms with van der Waals surface area (Å²) in [5.74, 6) is 0.00577. The second-order valence-electron chi connectivity index (χ2n) is 4.13. The molecule has 0 N–H and O–H groups in total. The molecule has 0 aliphatic heterocycles. The van der Waals surface area contributed by atoms with Crippen LogP contribution in [-0.2, 0) is 19.1 Å².